The topological polar surface area (TPSA) is 23.6 Å². The molecule has 130 valence electrons. The Balaban J connectivity index is 1.56. The zero-order valence-corrected chi connectivity index (χ0v) is 14.7. The normalized spacial score (nSPS) is 19.3. The first-order valence-electron chi connectivity index (χ1n) is 9.47. The number of likely N-dealkylation sites (tertiary alicyclic amines) is 1. The van der Waals surface area contributed by atoms with Gasteiger partial charge in [0.25, 0.3) is 0 Å². The summed E-state index contributed by atoms with van der Waals surface area (Å²) in [5.41, 5.74) is 3.93. The Bertz CT molecular complexity index is 695. The minimum absolute atomic E-state index is 0.120. The maximum absolute atomic E-state index is 13.5. The number of hydrogen-bond acceptors (Lipinski definition) is 2. The number of hydrogen-bond donors (Lipinski definition) is 0. The van der Waals surface area contributed by atoms with Gasteiger partial charge in [-0.3, -0.25) is 9.69 Å². The minimum atomic E-state index is -0.120. The van der Waals surface area contributed by atoms with Crippen LogP contribution in [-0.2, 0) is 17.6 Å². The molecule has 3 heteroatoms. The van der Waals surface area contributed by atoms with Crippen LogP contribution in [0.2, 0.25) is 0 Å². The van der Waals surface area contributed by atoms with Crippen LogP contribution in [0, 0.1) is 0 Å². The van der Waals surface area contributed by atoms with Crippen molar-refractivity contribution in [2.24, 2.45) is 0 Å². The second-order valence-electron chi connectivity index (χ2n) is 7.15. The lowest BCUT2D eigenvalue weighted by Gasteiger charge is -2.32. The van der Waals surface area contributed by atoms with E-state index in [4.69, 9.17) is 0 Å². The summed E-state index contributed by atoms with van der Waals surface area (Å²) < 4.78 is 0. The van der Waals surface area contributed by atoms with Crippen molar-refractivity contribution in [3.05, 3.63) is 71.3 Å². The second kappa shape index (κ2) is 7.40. The molecule has 25 heavy (non-hydrogen) atoms. The van der Waals surface area contributed by atoms with Crippen molar-refractivity contribution in [1.82, 2.24) is 9.80 Å². The smallest absolute Gasteiger partial charge is 0.244 e. The highest BCUT2D eigenvalue weighted by atomic mass is 16.2. The maximum atomic E-state index is 13.5. The lowest BCUT2D eigenvalue weighted by atomic mass is 10.0. The van der Waals surface area contributed by atoms with Crippen LogP contribution in [0.1, 0.15) is 35.6 Å². The van der Waals surface area contributed by atoms with Crippen LogP contribution < -0.4 is 0 Å². The summed E-state index contributed by atoms with van der Waals surface area (Å²) in [5.74, 6) is 0.279. The molecule has 0 radical (unpaired) electrons. The SMILES string of the molecule is O=C(C(c1ccccc1)N1CCCC1)N1CCc2ccccc2CC1. The van der Waals surface area contributed by atoms with E-state index >= 15 is 0 Å². The Labute approximate surface area is 150 Å². The molecule has 1 fully saturated rings. The lowest BCUT2D eigenvalue weighted by Crippen LogP contribution is -2.43. The fraction of sp³-hybridized carbons (Fsp3) is 0.409. The lowest BCUT2D eigenvalue weighted by molar-refractivity contribution is -0.136. The number of fused-ring (bicyclic) bond motifs is 1. The Hall–Kier alpha value is -2.13. The quantitative estimate of drug-likeness (QED) is 0.858. The third-order valence-corrected chi connectivity index (χ3v) is 5.59. The zero-order valence-electron chi connectivity index (χ0n) is 14.7. The van der Waals surface area contributed by atoms with Gasteiger partial charge < -0.3 is 4.90 Å². The highest BCUT2D eigenvalue weighted by Gasteiger charge is 2.33. The standard InChI is InChI=1S/C22H26N2O/c25-22(24-16-12-18-8-4-5-9-19(18)13-17-24)21(23-14-6-7-15-23)20-10-2-1-3-11-20/h1-5,8-11,21H,6-7,12-17H2. The van der Waals surface area contributed by atoms with Gasteiger partial charge in [0.05, 0.1) is 0 Å². The monoisotopic (exact) mass is 334 g/mol. The predicted octanol–water partition coefficient (Wildman–Crippen LogP) is 3.45. The van der Waals surface area contributed by atoms with Gasteiger partial charge in [-0.15, -0.1) is 0 Å². The molecule has 3 nitrogen and oxygen atoms in total. The molecule has 4 rings (SSSR count). The first-order chi connectivity index (χ1) is 12.3. The van der Waals surface area contributed by atoms with E-state index < -0.39 is 0 Å². The zero-order chi connectivity index (χ0) is 17.1. The van der Waals surface area contributed by atoms with Crippen LogP contribution in [0.4, 0.5) is 0 Å². The van der Waals surface area contributed by atoms with E-state index in [1.54, 1.807) is 0 Å². The summed E-state index contributed by atoms with van der Waals surface area (Å²) in [6, 6.07) is 18.8. The van der Waals surface area contributed by atoms with Crippen molar-refractivity contribution in [1.29, 1.82) is 0 Å². The maximum Gasteiger partial charge on any atom is 0.244 e. The summed E-state index contributed by atoms with van der Waals surface area (Å²) in [4.78, 5) is 17.9. The van der Waals surface area contributed by atoms with Gasteiger partial charge in [0.2, 0.25) is 5.91 Å². The average Bonchev–Trinajstić information content (AvgIpc) is 3.08. The van der Waals surface area contributed by atoms with Crippen LogP contribution in [0.15, 0.2) is 54.6 Å². The summed E-state index contributed by atoms with van der Waals surface area (Å²) in [6.45, 7) is 3.71. The van der Waals surface area contributed by atoms with E-state index in [1.165, 1.54) is 24.0 Å². The van der Waals surface area contributed by atoms with Gasteiger partial charge >= 0.3 is 0 Å². The molecular weight excluding hydrogens is 308 g/mol. The molecule has 0 spiro atoms. The Morgan fingerprint density at radius 1 is 0.760 bits per heavy atom. The molecule has 0 saturated carbocycles. The molecule has 1 saturated heterocycles. The first kappa shape index (κ1) is 16.3. The van der Waals surface area contributed by atoms with Crippen molar-refractivity contribution in [2.75, 3.05) is 26.2 Å². The van der Waals surface area contributed by atoms with E-state index in [-0.39, 0.29) is 11.9 Å². The fourth-order valence-electron chi connectivity index (χ4n) is 4.21. The van der Waals surface area contributed by atoms with Gasteiger partial charge in [0, 0.05) is 13.1 Å². The number of nitrogens with zero attached hydrogens (tertiary/aromatic N) is 2. The van der Waals surface area contributed by atoms with Crippen molar-refractivity contribution in [2.45, 2.75) is 31.7 Å². The Morgan fingerprint density at radius 2 is 1.32 bits per heavy atom. The Morgan fingerprint density at radius 3 is 1.92 bits per heavy atom. The summed E-state index contributed by atoms with van der Waals surface area (Å²) in [7, 11) is 0. The van der Waals surface area contributed by atoms with Crippen LogP contribution in [0.5, 0.6) is 0 Å². The van der Waals surface area contributed by atoms with Gasteiger partial charge in [0.1, 0.15) is 6.04 Å². The molecule has 2 aliphatic rings. The van der Waals surface area contributed by atoms with Crippen LogP contribution in [0.25, 0.3) is 0 Å². The van der Waals surface area contributed by atoms with Gasteiger partial charge in [-0.2, -0.15) is 0 Å². The van der Waals surface area contributed by atoms with E-state index in [2.05, 4.69) is 46.2 Å². The number of carbonyl (C=O) groups is 1. The number of rotatable bonds is 3. The van der Waals surface area contributed by atoms with Crippen LogP contribution >= 0.6 is 0 Å². The molecule has 1 unspecified atom stereocenters. The molecule has 0 bridgehead atoms. The van der Waals surface area contributed by atoms with Gasteiger partial charge in [0.15, 0.2) is 0 Å². The molecule has 2 aromatic rings. The predicted molar refractivity (Wildman–Crippen MR) is 100 cm³/mol. The highest BCUT2D eigenvalue weighted by Crippen LogP contribution is 2.28. The fourth-order valence-corrected chi connectivity index (χ4v) is 4.21. The van der Waals surface area contributed by atoms with Crippen molar-refractivity contribution in [3.63, 3.8) is 0 Å². The van der Waals surface area contributed by atoms with Crippen LogP contribution in [0.3, 0.4) is 0 Å². The molecule has 0 aromatic heterocycles. The molecule has 1 amide bonds. The van der Waals surface area contributed by atoms with E-state index in [0.29, 0.717) is 0 Å². The average molecular weight is 334 g/mol. The molecule has 0 N–H and O–H groups in total. The number of amides is 1. The molecule has 2 aliphatic heterocycles. The van der Waals surface area contributed by atoms with Crippen LogP contribution in [-0.4, -0.2) is 41.9 Å². The molecule has 1 atom stereocenters. The van der Waals surface area contributed by atoms with Crippen molar-refractivity contribution >= 4 is 5.91 Å². The third-order valence-electron chi connectivity index (χ3n) is 5.59. The summed E-state index contributed by atoms with van der Waals surface area (Å²) in [6.07, 6.45) is 4.32. The van der Waals surface area contributed by atoms with E-state index in [0.717, 1.165) is 44.6 Å². The minimum Gasteiger partial charge on any atom is -0.340 e. The summed E-state index contributed by atoms with van der Waals surface area (Å²) in [5, 5.41) is 0. The van der Waals surface area contributed by atoms with Crippen molar-refractivity contribution < 1.29 is 4.79 Å². The highest BCUT2D eigenvalue weighted by molar-refractivity contribution is 5.83. The van der Waals surface area contributed by atoms with Gasteiger partial charge in [-0.05, 0) is 55.5 Å². The van der Waals surface area contributed by atoms with E-state index in [9.17, 15) is 4.79 Å². The third kappa shape index (κ3) is 3.47. The van der Waals surface area contributed by atoms with Crippen molar-refractivity contribution in [3.8, 4) is 0 Å². The summed E-state index contributed by atoms with van der Waals surface area (Å²) >= 11 is 0. The first-order valence-corrected chi connectivity index (χ1v) is 9.47. The second-order valence-corrected chi connectivity index (χ2v) is 7.15. The molecule has 2 aromatic carbocycles. The van der Waals surface area contributed by atoms with Gasteiger partial charge in [-0.25, -0.2) is 0 Å². The van der Waals surface area contributed by atoms with E-state index in [1.807, 2.05) is 18.2 Å². The number of benzene rings is 2. The number of carbonyl (C=O) groups excluding carboxylic acids is 1. The molecule has 2 heterocycles. The molecular formula is C22H26N2O. The Kier molecular flexibility index (Phi) is 4.84. The largest absolute Gasteiger partial charge is 0.340 e. The van der Waals surface area contributed by atoms with Gasteiger partial charge in [-0.1, -0.05) is 54.6 Å². The molecule has 0 aliphatic carbocycles.